The third-order valence-electron chi connectivity index (χ3n) is 3.09. The molecule has 1 unspecified atom stereocenters. The maximum atomic E-state index is 3.54. The van der Waals surface area contributed by atoms with Crippen molar-refractivity contribution in [1.29, 1.82) is 0 Å². The smallest absolute Gasteiger partial charge is 0.0771 e. The summed E-state index contributed by atoms with van der Waals surface area (Å²) in [5.41, 5.74) is 1.20. The highest BCUT2D eigenvalue weighted by molar-refractivity contribution is 6.83. The number of hydrogen-bond donors (Lipinski definition) is 1. The molecule has 2 rings (SSSR count). The Morgan fingerprint density at radius 3 is 2.35 bits per heavy atom. The van der Waals surface area contributed by atoms with Crippen LogP contribution < -0.4 is 5.32 Å². The second-order valence-electron chi connectivity index (χ2n) is 5.62. The lowest BCUT2D eigenvalue weighted by Gasteiger charge is -2.24. The molecule has 1 aliphatic rings. The van der Waals surface area contributed by atoms with E-state index in [0.29, 0.717) is 6.04 Å². The lowest BCUT2D eigenvalue weighted by Crippen LogP contribution is -2.26. The highest BCUT2D eigenvalue weighted by Gasteiger charge is 2.20. The van der Waals surface area contributed by atoms with Gasteiger partial charge in [-0.2, -0.15) is 0 Å². The molecule has 0 amide bonds. The zero-order valence-corrected chi connectivity index (χ0v) is 11.9. The van der Waals surface area contributed by atoms with Crippen LogP contribution in [0.4, 0.5) is 5.69 Å². The summed E-state index contributed by atoms with van der Waals surface area (Å²) in [6, 6.07) is 10.9. The van der Waals surface area contributed by atoms with Crippen molar-refractivity contribution in [3.63, 3.8) is 0 Å². The van der Waals surface area contributed by atoms with Crippen LogP contribution in [-0.4, -0.2) is 14.1 Å². The van der Waals surface area contributed by atoms with Gasteiger partial charge in [0.25, 0.3) is 0 Å². The van der Waals surface area contributed by atoms with Crippen molar-refractivity contribution < 1.29 is 0 Å². The highest BCUT2D eigenvalue weighted by atomic mass is 28.3. The van der Waals surface area contributed by atoms with E-state index in [-0.39, 0.29) is 0 Å². The zero-order chi connectivity index (χ0) is 12.3. The van der Waals surface area contributed by atoms with E-state index in [1.165, 1.54) is 5.69 Å². The fourth-order valence-corrected chi connectivity index (χ4v) is 3.36. The summed E-state index contributed by atoms with van der Waals surface area (Å²) < 4.78 is 0. The topological polar surface area (TPSA) is 12.0 Å². The monoisotopic (exact) mass is 243 g/mol. The van der Waals surface area contributed by atoms with Crippen LogP contribution in [0.25, 0.3) is 0 Å². The maximum absolute atomic E-state index is 3.54. The van der Waals surface area contributed by atoms with E-state index >= 15 is 0 Å². The van der Waals surface area contributed by atoms with E-state index in [1.54, 1.807) is 5.20 Å². The fraction of sp³-hybridized carbons (Fsp3) is 0.333. The molecule has 2 heteroatoms. The summed E-state index contributed by atoms with van der Waals surface area (Å²) in [4.78, 5) is 0. The van der Waals surface area contributed by atoms with Crippen LogP contribution in [0.15, 0.2) is 53.8 Å². The lowest BCUT2D eigenvalue weighted by atomic mass is 10.1. The number of nitrogens with one attached hydrogen (secondary N) is 1. The maximum Gasteiger partial charge on any atom is 0.0771 e. The van der Waals surface area contributed by atoms with E-state index in [9.17, 15) is 0 Å². The first-order valence-electron chi connectivity index (χ1n) is 6.26. The van der Waals surface area contributed by atoms with Crippen molar-refractivity contribution in [2.45, 2.75) is 32.1 Å². The number of benzene rings is 1. The molecule has 0 heterocycles. The molecule has 1 aromatic carbocycles. The minimum absolute atomic E-state index is 0.442. The molecule has 1 aliphatic carbocycles. The van der Waals surface area contributed by atoms with Crippen molar-refractivity contribution >= 4 is 13.8 Å². The van der Waals surface area contributed by atoms with E-state index in [1.807, 2.05) is 6.07 Å². The first-order valence-corrected chi connectivity index (χ1v) is 9.76. The van der Waals surface area contributed by atoms with Crippen LogP contribution >= 0.6 is 0 Å². The second-order valence-corrected chi connectivity index (χ2v) is 10.7. The first-order chi connectivity index (χ1) is 8.05. The van der Waals surface area contributed by atoms with Crippen molar-refractivity contribution in [2.75, 3.05) is 5.32 Å². The Kier molecular flexibility index (Phi) is 3.53. The molecule has 1 nitrogen and oxygen atoms in total. The summed E-state index contributed by atoms with van der Waals surface area (Å²) in [7, 11) is -1.13. The van der Waals surface area contributed by atoms with Crippen molar-refractivity contribution in [1.82, 2.24) is 0 Å². The molecule has 0 spiro atoms. The molecular formula is C15H21NSi. The summed E-state index contributed by atoms with van der Waals surface area (Å²) in [6.07, 6.45) is 8.13. The Morgan fingerprint density at radius 1 is 1.12 bits per heavy atom. The summed E-state index contributed by atoms with van der Waals surface area (Å²) in [6.45, 7) is 7.19. The largest absolute Gasteiger partial charge is 0.379 e. The van der Waals surface area contributed by atoms with Crippen molar-refractivity contribution in [3.05, 3.63) is 53.8 Å². The Labute approximate surface area is 105 Å². The molecule has 1 atom stereocenters. The number of para-hydroxylation sites is 1. The Bertz CT molecular complexity index is 426. The Balaban J connectivity index is 1.97. The number of anilines is 1. The fourth-order valence-electron chi connectivity index (χ4n) is 2.03. The third kappa shape index (κ3) is 3.33. The summed E-state index contributed by atoms with van der Waals surface area (Å²) in [5, 5.41) is 5.11. The highest BCUT2D eigenvalue weighted by Crippen LogP contribution is 2.22. The molecule has 0 fully saturated rings. The molecule has 0 aromatic heterocycles. The van der Waals surface area contributed by atoms with Crippen LogP contribution in [0.5, 0.6) is 0 Å². The molecule has 90 valence electrons. The van der Waals surface area contributed by atoms with Crippen LogP contribution in [0.3, 0.4) is 0 Å². The third-order valence-corrected chi connectivity index (χ3v) is 5.19. The van der Waals surface area contributed by atoms with Gasteiger partial charge in [-0.25, -0.2) is 0 Å². The predicted octanol–water partition coefficient (Wildman–Crippen LogP) is 4.23. The van der Waals surface area contributed by atoms with E-state index in [4.69, 9.17) is 0 Å². The molecule has 0 saturated heterocycles. The average molecular weight is 243 g/mol. The van der Waals surface area contributed by atoms with Gasteiger partial charge in [-0.15, -0.1) is 0 Å². The minimum atomic E-state index is -1.13. The van der Waals surface area contributed by atoms with Crippen LogP contribution in [-0.2, 0) is 0 Å². The van der Waals surface area contributed by atoms with Gasteiger partial charge in [-0.3, -0.25) is 0 Å². The quantitative estimate of drug-likeness (QED) is 0.783. The number of hydrogen-bond acceptors (Lipinski definition) is 1. The van der Waals surface area contributed by atoms with Gasteiger partial charge in [0.2, 0.25) is 0 Å². The molecule has 17 heavy (non-hydrogen) atoms. The van der Waals surface area contributed by atoms with Gasteiger partial charge in [0.05, 0.1) is 8.07 Å². The zero-order valence-electron chi connectivity index (χ0n) is 10.9. The molecular weight excluding hydrogens is 222 g/mol. The molecule has 1 aromatic rings. The SMILES string of the molecule is C[Si](C)(C)C1=CCC(Nc2ccccc2)C=C1. The minimum Gasteiger partial charge on any atom is -0.379 e. The molecule has 0 aliphatic heterocycles. The molecule has 0 radical (unpaired) electrons. The summed E-state index contributed by atoms with van der Waals surface area (Å²) in [5.74, 6) is 0. The van der Waals surface area contributed by atoms with Gasteiger partial charge in [0.15, 0.2) is 0 Å². The van der Waals surface area contributed by atoms with Crippen LogP contribution in [0.1, 0.15) is 6.42 Å². The Morgan fingerprint density at radius 2 is 1.82 bits per heavy atom. The lowest BCUT2D eigenvalue weighted by molar-refractivity contribution is 0.879. The van der Waals surface area contributed by atoms with Crippen LogP contribution in [0, 0.1) is 0 Å². The van der Waals surface area contributed by atoms with Crippen molar-refractivity contribution in [2.24, 2.45) is 0 Å². The van der Waals surface area contributed by atoms with Gasteiger partial charge in [-0.05, 0) is 18.6 Å². The van der Waals surface area contributed by atoms with E-state index in [0.717, 1.165) is 6.42 Å². The molecule has 0 saturated carbocycles. The predicted molar refractivity (Wildman–Crippen MR) is 79.0 cm³/mol. The normalized spacial score (nSPS) is 19.9. The number of rotatable bonds is 3. The van der Waals surface area contributed by atoms with Gasteiger partial charge >= 0.3 is 0 Å². The van der Waals surface area contributed by atoms with Gasteiger partial charge in [-0.1, -0.05) is 61.3 Å². The van der Waals surface area contributed by atoms with Gasteiger partial charge in [0, 0.05) is 11.7 Å². The van der Waals surface area contributed by atoms with E-state index < -0.39 is 8.07 Å². The average Bonchev–Trinajstić information content (AvgIpc) is 2.30. The Hall–Kier alpha value is -1.28. The van der Waals surface area contributed by atoms with Gasteiger partial charge in [0.1, 0.15) is 0 Å². The number of allylic oxidation sites excluding steroid dienone is 2. The molecule has 0 bridgehead atoms. The standard InChI is InChI=1S/C15H21NSi/c1-17(2,3)15-11-9-14(10-12-15)16-13-7-5-4-6-8-13/h4-9,11-12,14,16H,10H2,1-3H3. The van der Waals surface area contributed by atoms with Crippen LogP contribution in [0.2, 0.25) is 19.6 Å². The first kappa shape index (κ1) is 12.2. The van der Waals surface area contributed by atoms with E-state index in [2.05, 4.69) is 67.5 Å². The molecule has 1 N–H and O–H groups in total. The van der Waals surface area contributed by atoms with Gasteiger partial charge < -0.3 is 5.32 Å². The van der Waals surface area contributed by atoms with Crippen molar-refractivity contribution in [3.8, 4) is 0 Å². The second kappa shape index (κ2) is 4.92. The summed E-state index contributed by atoms with van der Waals surface area (Å²) >= 11 is 0.